The topological polar surface area (TPSA) is 76.7 Å². The largest absolute Gasteiger partial charge is 0.497 e. The molecular formula is C17H26N2O4. The number of benzene rings is 1. The fraction of sp³-hybridized carbons (Fsp3) is 0.529. The predicted molar refractivity (Wildman–Crippen MR) is 89.8 cm³/mol. The Kier molecular flexibility index (Phi) is 6.88. The summed E-state index contributed by atoms with van der Waals surface area (Å²) in [4.78, 5) is 23.4. The molecule has 6 heteroatoms. The van der Waals surface area contributed by atoms with Crippen LogP contribution in [0.3, 0.4) is 0 Å². The van der Waals surface area contributed by atoms with Gasteiger partial charge in [0.25, 0.3) is 0 Å². The van der Waals surface area contributed by atoms with E-state index in [-0.39, 0.29) is 18.4 Å². The molecule has 0 saturated heterocycles. The van der Waals surface area contributed by atoms with E-state index >= 15 is 0 Å². The lowest BCUT2D eigenvalue weighted by molar-refractivity contribution is -0.154. The van der Waals surface area contributed by atoms with Gasteiger partial charge in [0.1, 0.15) is 11.4 Å². The number of rotatable bonds is 6. The molecule has 0 saturated carbocycles. The highest BCUT2D eigenvalue weighted by molar-refractivity contribution is 5.90. The summed E-state index contributed by atoms with van der Waals surface area (Å²) in [5.41, 5.74) is 1.15. The Morgan fingerprint density at radius 2 is 1.91 bits per heavy atom. The van der Waals surface area contributed by atoms with Crippen LogP contribution in [0.2, 0.25) is 0 Å². The highest BCUT2D eigenvalue weighted by atomic mass is 16.6. The number of hydrogen-bond acceptors (Lipinski definition) is 4. The number of nitrogens with one attached hydrogen (secondary N) is 2. The van der Waals surface area contributed by atoms with Crippen molar-refractivity contribution in [1.29, 1.82) is 0 Å². The molecule has 6 nitrogen and oxygen atoms in total. The zero-order chi connectivity index (χ0) is 17.5. The summed E-state index contributed by atoms with van der Waals surface area (Å²) in [7, 11) is 1.60. The maximum Gasteiger partial charge on any atom is 0.319 e. The number of carbonyl (C=O) groups excluding carboxylic acids is 2. The molecule has 0 aliphatic rings. The Bertz CT molecular complexity index is 550. The first-order valence-corrected chi connectivity index (χ1v) is 7.62. The van der Waals surface area contributed by atoms with E-state index in [9.17, 15) is 9.59 Å². The minimum atomic E-state index is -0.478. The molecule has 0 radical (unpaired) electrons. The summed E-state index contributed by atoms with van der Waals surface area (Å²) in [6.45, 7) is 7.77. The van der Waals surface area contributed by atoms with E-state index in [0.717, 1.165) is 17.0 Å². The zero-order valence-electron chi connectivity index (χ0n) is 14.5. The summed E-state index contributed by atoms with van der Waals surface area (Å²) in [6.07, 6.45) is 0.809. The lowest BCUT2D eigenvalue weighted by Crippen LogP contribution is -2.30. The van der Waals surface area contributed by atoms with E-state index in [2.05, 4.69) is 10.6 Å². The van der Waals surface area contributed by atoms with Crippen LogP contribution in [-0.4, -0.2) is 31.3 Å². The third-order valence-corrected chi connectivity index (χ3v) is 2.95. The maximum atomic E-state index is 11.8. The second-order valence-electron chi connectivity index (χ2n) is 6.25. The molecule has 2 amide bonds. The number of amides is 2. The van der Waals surface area contributed by atoms with Crippen molar-refractivity contribution in [3.63, 3.8) is 0 Å². The molecule has 0 spiro atoms. The van der Waals surface area contributed by atoms with E-state index in [4.69, 9.17) is 9.47 Å². The molecule has 0 heterocycles. The minimum absolute atomic E-state index is 0.259. The summed E-state index contributed by atoms with van der Waals surface area (Å²) < 4.78 is 10.3. The van der Waals surface area contributed by atoms with Crippen LogP contribution in [0, 0.1) is 6.92 Å². The van der Waals surface area contributed by atoms with E-state index in [0.29, 0.717) is 13.0 Å². The molecule has 0 atom stereocenters. The first kappa shape index (κ1) is 18.8. The van der Waals surface area contributed by atoms with Crippen LogP contribution in [0.4, 0.5) is 10.5 Å². The van der Waals surface area contributed by atoms with Gasteiger partial charge in [-0.25, -0.2) is 4.79 Å². The van der Waals surface area contributed by atoms with Crippen molar-refractivity contribution in [3.05, 3.63) is 23.8 Å². The van der Waals surface area contributed by atoms with Crippen molar-refractivity contribution in [1.82, 2.24) is 5.32 Å². The number of methoxy groups -OCH3 is 1. The molecule has 0 fully saturated rings. The summed E-state index contributed by atoms with van der Waals surface area (Å²) in [5, 5.41) is 5.48. The first-order chi connectivity index (χ1) is 10.7. The molecule has 23 heavy (non-hydrogen) atoms. The Balaban J connectivity index is 2.31. The average Bonchev–Trinajstić information content (AvgIpc) is 2.44. The van der Waals surface area contributed by atoms with Gasteiger partial charge in [0.15, 0.2) is 0 Å². The lowest BCUT2D eigenvalue weighted by atomic mass is 10.2. The normalized spacial score (nSPS) is 10.8. The molecule has 0 unspecified atom stereocenters. The van der Waals surface area contributed by atoms with Gasteiger partial charge in [-0.3, -0.25) is 4.79 Å². The molecule has 128 valence electrons. The van der Waals surface area contributed by atoms with Crippen LogP contribution >= 0.6 is 0 Å². The number of ether oxygens (including phenoxy) is 2. The molecule has 0 aliphatic heterocycles. The number of anilines is 1. The van der Waals surface area contributed by atoms with Gasteiger partial charge >= 0.3 is 12.0 Å². The van der Waals surface area contributed by atoms with Crippen molar-refractivity contribution >= 4 is 17.7 Å². The lowest BCUT2D eigenvalue weighted by Gasteiger charge is -2.19. The van der Waals surface area contributed by atoms with Crippen LogP contribution in [0.5, 0.6) is 5.75 Å². The van der Waals surface area contributed by atoms with Crippen LogP contribution in [0.1, 0.15) is 39.2 Å². The smallest absolute Gasteiger partial charge is 0.319 e. The summed E-state index contributed by atoms with van der Waals surface area (Å²) in [6, 6.07) is 5.11. The van der Waals surface area contributed by atoms with Gasteiger partial charge in [-0.2, -0.15) is 0 Å². The van der Waals surface area contributed by atoms with E-state index < -0.39 is 5.60 Å². The Morgan fingerprint density at radius 1 is 1.22 bits per heavy atom. The summed E-state index contributed by atoms with van der Waals surface area (Å²) in [5.74, 6) is 0.483. The highest BCUT2D eigenvalue weighted by Crippen LogP contribution is 2.20. The number of carbonyl (C=O) groups is 2. The molecule has 2 N–H and O–H groups in total. The molecule has 1 aromatic carbocycles. The van der Waals surface area contributed by atoms with E-state index in [1.165, 1.54) is 0 Å². The maximum absolute atomic E-state index is 11.8. The summed E-state index contributed by atoms with van der Waals surface area (Å²) >= 11 is 0. The van der Waals surface area contributed by atoms with Crippen molar-refractivity contribution in [3.8, 4) is 5.75 Å². The van der Waals surface area contributed by atoms with Gasteiger partial charge in [-0.15, -0.1) is 0 Å². The SMILES string of the molecule is COc1ccc(NC(=O)NCCCC(=O)OC(C)(C)C)c(C)c1. The minimum Gasteiger partial charge on any atom is -0.497 e. The Morgan fingerprint density at radius 3 is 2.48 bits per heavy atom. The second kappa shape index (κ2) is 8.41. The fourth-order valence-electron chi connectivity index (χ4n) is 1.90. The molecule has 1 aromatic rings. The molecule has 1 rings (SSSR count). The average molecular weight is 322 g/mol. The van der Waals surface area contributed by atoms with Crippen LogP contribution < -0.4 is 15.4 Å². The molecule has 0 bridgehead atoms. The Hall–Kier alpha value is -2.24. The van der Waals surface area contributed by atoms with Crippen LogP contribution in [-0.2, 0) is 9.53 Å². The van der Waals surface area contributed by atoms with Gasteiger partial charge in [0, 0.05) is 18.7 Å². The second-order valence-corrected chi connectivity index (χ2v) is 6.25. The number of urea groups is 1. The number of hydrogen-bond donors (Lipinski definition) is 2. The van der Waals surface area contributed by atoms with Gasteiger partial charge in [0.05, 0.1) is 7.11 Å². The van der Waals surface area contributed by atoms with Crippen molar-refractivity contribution in [2.24, 2.45) is 0 Å². The van der Waals surface area contributed by atoms with Crippen LogP contribution in [0.15, 0.2) is 18.2 Å². The quantitative estimate of drug-likeness (QED) is 0.622. The Labute approximate surface area is 137 Å². The monoisotopic (exact) mass is 322 g/mol. The number of esters is 1. The van der Waals surface area contributed by atoms with Crippen molar-refractivity contribution in [2.75, 3.05) is 19.0 Å². The standard InChI is InChI=1S/C17H26N2O4/c1-12-11-13(22-5)8-9-14(12)19-16(21)18-10-6-7-15(20)23-17(2,3)4/h8-9,11H,6-7,10H2,1-5H3,(H2,18,19,21). The van der Waals surface area contributed by atoms with E-state index in [1.54, 1.807) is 19.2 Å². The third-order valence-electron chi connectivity index (χ3n) is 2.95. The van der Waals surface area contributed by atoms with Gasteiger partial charge in [-0.05, 0) is 57.9 Å². The first-order valence-electron chi connectivity index (χ1n) is 7.62. The van der Waals surface area contributed by atoms with Gasteiger partial charge in [0.2, 0.25) is 0 Å². The van der Waals surface area contributed by atoms with Crippen molar-refractivity contribution in [2.45, 2.75) is 46.1 Å². The molecule has 0 aromatic heterocycles. The van der Waals surface area contributed by atoms with Gasteiger partial charge in [-0.1, -0.05) is 0 Å². The fourth-order valence-corrected chi connectivity index (χ4v) is 1.90. The van der Waals surface area contributed by atoms with E-state index in [1.807, 2.05) is 33.8 Å². The molecule has 0 aliphatic carbocycles. The van der Waals surface area contributed by atoms with Crippen LogP contribution in [0.25, 0.3) is 0 Å². The predicted octanol–water partition coefficient (Wildman–Crippen LogP) is 3.25. The van der Waals surface area contributed by atoms with Crippen molar-refractivity contribution < 1.29 is 19.1 Å². The highest BCUT2D eigenvalue weighted by Gasteiger charge is 2.15. The number of aryl methyl sites for hydroxylation is 1. The molecular weight excluding hydrogens is 296 g/mol. The zero-order valence-corrected chi connectivity index (χ0v) is 14.5. The third kappa shape index (κ3) is 7.54. The van der Waals surface area contributed by atoms with Gasteiger partial charge < -0.3 is 20.1 Å².